The number of hydrogen-bond donors (Lipinski definition) is 1. The van der Waals surface area contributed by atoms with Crippen LogP contribution in [0.5, 0.6) is 5.75 Å². The molecule has 168 valence electrons. The number of carbonyl (C=O) groups is 1. The van der Waals surface area contributed by atoms with Crippen LogP contribution in [0.3, 0.4) is 0 Å². The number of amides is 1. The molecule has 0 spiro atoms. The molecule has 4 rings (SSSR count). The first-order chi connectivity index (χ1) is 15.2. The smallest absolute Gasteiger partial charge is 0.300 e. The van der Waals surface area contributed by atoms with Gasteiger partial charge in [-0.05, 0) is 50.8 Å². The Bertz CT molecular complexity index is 836. The molecule has 1 aromatic carbocycles. The van der Waals surface area contributed by atoms with Crippen molar-refractivity contribution in [3.8, 4) is 5.75 Å². The molecule has 0 bridgehead atoms. The van der Waals surface area contributed by atoms with E-state index < -0.39 is 0 Å². The molecule has 0 atom stereocenters. The Morgan fingerprint density at radius 2 is 1.84 bits per heavy atom. The second kappa shape index (κ2) is 10.2. The van der Waals surface area contributed by atoms with Crippen molar-refractivity contribution >= 4 is 23.7 Å². The predicted octanol–water partition coefficient (Wildman–Crippen LogP) is 5.35. The maximum absolute atomic E-state index is 13.4. The Balaban J connectivity index is 1.63. The van der Waals surface area contributed by atoms with Crippen LogP contribution in [0.2, 0.25) is 0 Å². The Morgan fingerprint density at radius 3 is 2.52 bits per heavy atom. The third kappa shape index (κ3) is 5.05. The fourth-order valence-corrected chi connectivity index (χ4v) is 4.89. The van der Waals surface area contributed by atoms with Crippen LogP contribution in [0.4, 0.5) is 5.69 Å². The first-order valence-electron chi connectivity index (χ1n) is 11.9. The van der Waals surface area contributed by atoms with Gasteiger partial charge in [0.25, 0.3) is 5.91 Å². The molecule has 1 aromatic rings. The van der Waals surface area contributed by atoms with Gasteiger partial charge in [0.1, 0.15) is 5.75 Å². The zero-order valence-electron chi connectivity index (χ0n) is 18.9. The number of aliphatic imine (C=N–C) groups is 1. The highest BCUT2D eigenvalue weighted by molar-refractivity contribution is 6.11. The average molecular weight is 426 g/mol. The minimum absolute atomic E-state index is 0.0701. The van der Waals surface area contributed by atoms with E-state index in [2.05, 4.69) is 12.2 Å². The lowest BCUT2D eigenvalue weighted by Crippen LogP contribution is -2.41. The zero-order chi connectivity index (χ0) is 21.6. The average Bonchev–Trinajstić information content (AvgIpc) is 3.10. The van der Waals surface area contributed by atoms with Gasteiger partial charge in [-0.2, -0.15) is 0 Å². The summed E-state index contributed by atoms with van der Waals surface area (Å²) in [6.45, 7) is 2.89. The van der Waals surface area contributed by atoms with Crippen LogP contribution in [0.25, 0.3) is 6.08 Å². The van der Waals surface area contributed by atoms with Crippen molar-refractivity contribution in [1.29, 1.82) is 0 Å². The molecule has 3 fully saturated rings. The van der Waals surface area contributed by atoms with Crippen molar-refractivity contribution in [3.63, 3.8) is 0 Å². The van der Waals surface area contributed by atoms with Gasteiger partial charge in [-0.3, -0.25) is 9.69 Å². The number of amidine groups is 1. The molecule has 0 aromatic heterocycles. The summed E-state index contributed by atoms with van der Waals surface area (Å²) in [5, 5.41) is 3.29. The molecule has 1 amide bonds. The predicted molar refractivity (Wildman–Crippen MR) is 124 cm³/mol. The van der Waals surface area contributed by atoms with E-state index >= 15 is 0 Å². The van der Waals surface area contributed by atoms with Gasteiger partial charge in [0.15, 0.2) is 5.76 Å². The highest BCUT2D eigenvalue weighted by Gasteiger charge is 2.40. The molecule has 0 radical (unpaired) electrons. The van der Waals surface area contributed by atoms with Crippen LogP contribution in [0.1, 0.15) is 76.7 Å². The van der Waals surface area contributed by atoms with Crippen molar-refractivity contribution in [3.05, 3.63) is 29.5 Å². The molecular formula is C25H35N3O3. The summed E-state index contributed by atoms with van der Waals surface area (Å²) < 4.78 is 11.7. The van der Waals surface area contributed by atoms with E-state index in [0.717, 1.165) is 56.3 Å². The number of rotatable bonds is 6. The van der Waals surface area contributed by atoms with Gasteiger partial charge in [-0.1, -0.05) is 38.5 Å². The number of methoxy groups -OCH3 is 1. The molecule has 0 unspecified atom stereocenters. The molecule has 1 saturated heterocycles. The molecular weight excluding hydrogens is 390 g/mol. The Hall–Kier alpha value is -2.50. The monoisotopic (exact) mass is 425 g/mol. The Morgan fingerprint density at radius 1 is 1.13 bits per heavy atom. The molecule has 1 N–H and O–H groups in total. The third-order valence-electron chi connectivity index (χ3n) is 6.55. The SMILES string of the molecule is CCNc1ccc(/C=C2/OC(=NC3CCCCC3)N(C3CCCCC3)C2=O)c(OC)c1. The maximum atomic E-state index is 13.4. The van der Waals surface area contributed by atoms with Crippen LogP contribution in [0.15, 0.2) is 29.0 Å². The largest absolute Gasteiger partial charge is 0.496 e. The standard InChI is InChI=1S/C25H35N3O3/c1-3-26-20-15-14-18(22(17-20)30-2)16-23-24(29)28(21-12-8-5-9-13-21)25(31-23)27-19-10-6-4-7-11-19/h14-17,19,21,26H,3-13H2,1-2H3/b23-16+,27-25?. The van der Waals surface area contributed by atoms with Crippen LogP contribution in [0, 0.1) is 0 Å². The highest BCUT2D eigenvalue weighted by atomic mass is 16.5. The minimum atomic E-state index is -0.0701. The van der Waals surface area contributed by atoms with E-state index in [-0.39, 0.29) is 18.0 Å². The number of benzene rings is 1. The zero-order valence-corrected chi connectivity index (χ0v) is 18.9. The number of nitrogens with zero attached hydrogens (tertiary/aromatic N) is 2. The fraction of sp³-hybridized carbons (Fsp3) is 0.600. The lowest BCUT2D eigenvalue weighted by atomic mass is 9.94. The molecule has 2 saturated carbocycles. The molecule has 1 aliphatic heterocycles. The van der Waals surface area contributed by atoms with E-state index in [4.69, 9.17) is 14.5 Å². The summed E-state index contributed by atoms with van der Waals surface area (Å²) >= 11 is 0. The fourth-order valence-electron chi connectivity index (χ4n) is 4.89. The van der Waals surface area contributed by atoms with E-state index in [0.29, 0.717) is 17.5 Å². The van der Waals surface area contributed by atoms with Gasteiger partial charge >= 0.3 is 6.02 Å². The third-order valence-corrected chi connectivity index (χ3v) is 6.55. The van der Waals surface area contributed by atoms with Gasteiger partial charge in [-0.25, -0.2) is 4.99 Å². The van der Waals surface area contributed by atoms with Crippen molar-refractivity contribution in [2.24, 2.45) is 4.99 Å². The first-order valence-corrected chi connectivity index (χ1v) is 11.9. The van der Waals surface area contributed by atoms with Crippen LogP contribution < -0.4 is 10.1 Å². The molecule has 1 heterocycles. The van der Waals surface area contributed by atoms with Crippen molar-refractivity contribution in [2.75, 3.05) is 19.0 Å². The molecule has 3 aliphatic rings. The summed E-state index contributed by atoms with van der Waals surface area (Å²) in [7, 11) is 1.65. The normalized spacial score (nSPS) is 23.4. The van der Waals surface area contributed by atoms with Crippen molar-refractivity contribution < 1.29 is 14.3 Å². The summed E-state index contributed by atoms with van der Waals surface area (Å²) in [5.41, 5.74) is 1.82. The number of anilines is 1. The number of carbonyl (C=O) groups excluding carboxylic acids is 1. The lowest BCUT2D eigenvalue weighted by molar-refractivity contribution is -0.124. The summed E-state index contributed by atoms with van der Waals surface area (Å²) in [6, 6.07) is 6.86. The number of hydrogen-bond acceptors (Lipinski definition) is 5. The maximum Gasteiger partial charge on any atom is 0.300 e. The highest BCUT2D eigenvalue weighted by Crippen LogP contribution is 2.33. The van der Waals surface area contributed by atoms with Gasteiger partial charge < -0.3 is 14.8 Å². The second-order valence-electron chi connectivity index (χ2n) is 8.77. The number of nitrogens with one attached hydrogen (secondary N) is 1. The quantitative estimate of drug-likeness (QED) is 0.624. The van der Waals surface area contributed by atoms with Gasteiger partial charge in [0.2, 0.25) is 0 Å². The second-order valence-corrected chi connectivity index (χ2v) is 8.77. The van der Waals surface area contributed by atoms with E-state index in [9.17, 15) is 4.79 Å². The topological polar surface area (TPSA) is 63.2 Å². The summed E-state index contributed by atoms with van der Waals surface area (Å²) in [4.78, 5) is 20.2. The van der Waals surface area contributed by atoms with Gasteiger partial charge in [0, 0.05) is 29.9 Å². The minimum Gasteiger partial charge on any atom is -0.496 e. The Labute approximate surface area is 185 Å². The van der Waals surface area contributed by atoms with Crippen molar-refractivity contribution in [2.45, 2.75) is 83.2 Å². The van der Waals surface area contributed by atoms with Gasteiger partial charge in [-0.15, -0.1) is 0 Å². The van der Waals surface area contributed by atoms with Crippen LogP contribution in [-0.2, 0) is 9.53 Å². The van der Waals surface area contributed by atoms with E-state index in [1.54, 1.807) is 13.2 Å². The first kappa shape index (κ1) is 21.7. The number of ether oxygens (including phenoxy) is 2. The molecule has 6 nitrogen and oxygen atoms in total. The summed E-state index contributed by atoms with van der Waals surface area (Å²) in [6.07, 6.45) is 13.3. The van der Waals surface area contributed by atoms with E-state index in [1.165, 1.54) is 25.7 Å². The van der Waals surface area contributed by atoms with Crippen LogP contribution in [-0.4, -0.2) is 42.6 Å². The van der Waals surface area contributed by atoms with Gasteiger partial charge in [0.05, 0.1) is 13.2 Å². The van der Waals surface area contributed by atoms with E-state index in [1.807, 2.05) is 23.1 Å². The molecule has 6 heteroatoms. The van der Waals surface area contributed by atoms with Crippen molar-refractivity contribution in [1.82, 2.24) is 4.90 Å². The lowest BCUT2D eigenvalue weighted by Gasteiger charge is -2.29. The molecule has 31 heavy (non-hydrogen) atoms. The molecule has 2 aliphatic carbocycles. The van der Waals surface area contributed by atoms with Crippen LogP contribution >= 0.6 is 0 Å². The Kier molecular flexibility index (Phi) is 7.15. The summed E-state index contributed by atoms with van der Waals surface area (Å²) in [5.74, 6) is 0.984.